The molecule has 6 heteroatoms. The Morgan fingerprint density at radius 3 is 2.50 bits per heavy atom. The van der Waals surface area contributed by atoms with Crippen molar-refractivity contribution in [3.05, 3.63) is 60.2 Å². The van der Waals surface area contributed by atoms with Crippen LogP contribution in [0.25, 0.3) is 11.1 Å². The van der Waals surface area contributed by atoms with Gasteiger partial charge in [-0.15, -0.1) is 0 Å². The first kappa shape index (κ1) is 22.0. The summed E-state index contributed by atoms with van der Waals surface area (Å²) in [6.07, 6.45) is 0.687. The number of likely N-dealkylation sites (N-methyl/N-ethyl adjacent to an activating group) is 1. The third kappa shape index (κ3) is 4.89. The lowest BCUT2D eigenvalue weighted by molar-refractivity contribution is -0.172. The number of hydrogen-bond acceptors (Lipinski definition) is 4. The van der Waals surface area contributed by atoms with E-state index < -0.39 is 5.60 Å². The van der Waals surface area contributed by atoms with Crippen LogP contribution in [0.3, 0.4) is 0 Å². The third-order valence-electron chi connectivity index (χ3n) is 5.43. The van der Waals surface area contributed by atoms with Crippen molar-refractivity contribution in [1.82, 2.24) is 9.80 Å². The van der Waals surface area contributed by atoms with E-state index in [1.54, 1.807) is 31.0 Å². The number of hydrogen-bond donors (Lipinski definition) is 0. The highest BCUT2D eigenvalue weighted by Gasteiger charge is 2.46. The maximum atomic E-state index is 13.3. The summed E-state index contributed by atoms with van der Waals surface area (Å²) in [4.78, 5) is 29.2. The molecule has 3 rings (SSSR count). The molecule has 0 radical (unpaired) electrons. The molecule has 30 heavy (non-hydrogen) atoms. The first-order chi connectivity index (χ1) is 14.5. The monoisotopic (exact) mass is 410 g/mol. The zero-order valence-corrected chi connectivity index (χ0v) is 18.0. The van der Waals surface area contributed by atoms with Crippen molar-refractivity contribution < 1.29 is 19.1 Å². The molecule has 2 amide bonds. The molecule has 1 fully saturated rings. The number of carbonyl (C=O) groups excluding carboxylic acids is 2. The summed E-state index contributed by atoms with van der Waals surface area (Å²) in [6.45, 7) is 1.40. The molecular weight excluding hydrogens is 380 g/mol. The van der Waals surface area contributed by atoms with E-state index in [2.05, 4.69) is 18.2 Å². The zero-order valence-electron chi connectivity index (χ0n) is 18.0. The molecule has 2 aromatic carbocycles. The molecule has 0 unspecified atom stereocenters. The van der Waals surface area contributed by atoms with Gasteiger partial charge in [0.1, 0.15) is 0 Å². The number of morpholine rings is 1. The predicted octanol–water partition coefficient (Wildman–Crippen LogP) is 2.62. The van der Waals surface area contributed by atoms with Crippen LogP contribution in [0.2, 0.25) is 0 Å². The van der Waals surface area contributed by atoms with Crippen molar-refractivity contribution in [2.24, 2.45) is 0 Å². The minimum atomic E-state index is -1.12. The van der Waals surface area contributed by atoms with Gasteiger partial charge in [0.2, 0.25) is 5.91 Å². The lowest BCUT2D eigenvalue weighted by atomic mass is 9.87. The Morgan fingerprint density at radius 1 is 1.10 bits per heavy atom. The van der Waals surface area contributed by atoms with Crippen LogP contribution in [0.4, 0.5) is 0 Å². The van der Waals surface area contributed by atoms with E-state index in [9.17, 15) is 9.59 Å². The van der Waals surface area contributed by atoms with Crippen LogP contribution in [0.1, 0.15) is 12.0 Å². The molecule has 0 aromatic heterocycles. The molecule has 1 heterocycles. The molecule has 0 spiro atoms. The van der Waals surface area contributed by atoms with Gasteiger partial charge in [-0.05, 0) is 16.7 Å². The van der Waals surface area contributed by atoms with E-state index in [0.29, 0.717) is 32.6 Å². The Balaban J connectivity index is 1.94. The van der Waals surface area contributed by atoms with Crippen LogP contribution in [0, 0.1) is 0 Å². The number of rotatable bonds is 7. The molecule has 1 aliphatic rings. The minimum absolute atomic E-state index is 0.0209. The van der Waals surface area contributed by atoms with Gasteiger partial charge in [-0.25, -0.2) is 0 Å². The highest BCUT2D eigenvalue weighted by atomic mass is 16.5. The first-order valence-corrected chi connectivity index (χ1v) is 10.2. The van der Waals surface area contributed by atoms with E-state index in [-0.39, 0.29) is 18.4 Å². The molecule has 6 nitrogen and oxygen atoms in total. The second kappa shape index (κ2) is 9.87. The van der Waals surface area contributed by atoms with Crippen molar-refractivity contribution in [3.8, 4) is 11.1 Å². The fraction of sp³-hybridized carbons (Fsp3) is 0.417. The van der Waals surface area contributed by atoms with Crippen LogP contribution < -0.4 is 0 Å². The average molecular weight is 411 g/mol. The predicted molar refractivity (Wildman–Crippen MR) is 116 cm³/mol. The summed E-state index contributed by atoms with van der Waals surface area (Å²) >= 11 is 0. The van der Waals surface area contributed by atoms with Crippen molar-refractivity contribution in [2.45, 2.75) is 18.4 Å². The van der Waals surface area contributed by atoms with Gasteiger partial charge >= 0.3 is 0 Å². The number of carbonyl (C=O) groups is 2. The standard InChI is InChI=1S/C24H30N2O4/c1-25(2)23(28)24(18-26(14-16-30-24)22(27)13-15-29-3)17-20-11-7-8-12-21(20)19-9-5-4-6-10-19/h4-12H,13-18H2,1-3H3/t24-/m0/s1. The summed E-state index contributed by atoms with van der Waals surface area (Å²) < 4.78 is 11.2. The minimum Gasteiger partial charge on any atom is -0.384 e. The fourth-order valence-electron chi connectivity index (χ4n) is 3.95. The van der Waals surface area contributed by atoms with Crippen LogP contribution in [0.15, 0.2) is 54.6 Å². The summed E-state index contributed by atoms with van der Waals surface area (Å²) in [5.74, 6) is -0.151. The van der Waals surface area contributed by atoms with Crippen molar-refractivity contribution in [3.63, 3.8) is 0 Å². The Morgan fingerprint density at radius 2 is 1.80 bits per heavy atom. The van der Waals surface area contributed by atoms with Gasteiger partial charge < -0.3 is 19.3 Å². The van der Waals surface area contributed by atoms with Gasteiger partial charge in [0.15, 0.2) is 5.60 Å². The third-order valence-corrected chi connectivity index (χ3v) is 5.43. The fourth-order valence-corrected chi connectivity index (χ4v) is 3.95. The van der Waals surface area contributed by atoms with Crippen LogP contribution in [0.5, 0.6) is 0 Å². The Labute approximate surface area is 178 Å². The largest absolute Gasteiger partial charge is 0.384 e. The second-order valence-corrected chi connectivity index (χ2v) is 7.80. The van der Waals surface area contributed by atoms with E-state index in [4.69, 9.17) is 9.47 Å². The van der Waals surface area contributed by atoms with Gasteiger partial charge in [0, 0.05) is 34.2 Å². The number of benzene rings is 2. The molecular formula is C24H30N2O4. The lowest BCUT2D eigenvalue weighted by Gasteiger charge is -2.43. The van der Waals surface area contributed by atoms with Gasteiger partial charge in [-0.1, -0.05) is 54.6 Å². The molecule has 1 saturated heterocycles. The zero-order chi connectivity index (χ0) is 21.6. The molecule has 160 valence electrons. The topological polar surface area (TPSA) is 59.1 Å². The number of ether oxygens (including phenoxy) is 2. The second-order valence-electron chi connectivity index (χ2n) is 7.80. The van der Waals surface area contributed by atoms with Gasteiger partial charge in [0.05, 0.1) is 26.2 Å². The molecule has 1 aliphatic heterocycles. The number of amides is 2. The molecule has 0 N–H and O–H groups in total. The first-order valence-electron chi connectivity index (χ1n) is 10.2. The Hall–Kier alpha value is -2.70. The van der Waals surface area contributed by atoms with Crippen molar-refractivity contribution in [2.75, 3.05) is 47.5 Å². The highest BCUT2D eigenvalue weighted by molar-refractivity contribution is 5.87. The van der Waals surface area contributed by atoms with Crippen molar-refractivity contribution in [1.29, 1.82) is 0 Å². The van der Waals surface area contributed by atoms with Crippen LogP contribution >= 0.6 is 0 Å². The molecule has 1 atom stereocenters. The summed E-state index contributed by atoms with van der Waals surface area (Å²) in [6, 6.07) is 18.2. The SMILES string of the molecule is COCCC(=O)N1CCO[C@](Cc2ccccc2-c2ccccc2)(C(=O)N(C)C)C1. The number of nitrogens with zero attached hydrogens (tertiary/aromatic N) is 2. The summed E-state index contributed by atoms with van der Waals surface area (Å²) in [7, 11) is 5.03. The molecule has 0 bridgehead atoms. The van der Waals surface area contributed by atoms with E-state index in [1.807, 2.05) is 36.4 Å². The highest BCUT2D eigenvalue weighted by Crippen LogP contribution is 2.31. The summed E-state index contributed by atoms with van der Waals surface area (Å²) in [5.41, 5.74) is 2.06. The quantitative estimate of drug-likeness (QED) is 0.704. The molecule has 2 aromatic rings. The maximum Gasteiger partial charge on any atom is 0.256 e. The average Bonchev–Trinajstić information content (AvgIpc) is 2.78. The van der Waals surface area contributed by atoms with Crippen molar-refractivity contribution >= 4 is 11.8 Å². The number of methoxy groups -OCH3 is 1. The smallest absolute Gasteiger partial charge is 0.256 e. The van der Waals surface area contributed by atoms with Crippen LogP contribution in [-0.2, 0) is 25.5 Å². The van der Waals surface area contributed by atoms with E-state index >= 15 is 0 Å². The van der Waals surface area contributed by atoms with Crippen LogP contribution in [-0.4, -0.2) is 74.7 Å². The Kier molecular flexibility index (Phi) is 7.24. The molecule has 0 saturated carbocycles. The van der Waals surface area contributed by atoms with Gasteiger partial charge in [0.25, 0.3) is 5.91 Å². The van der Waals surface area contributed by atoms with Gasteiger partial charge in [-0.3, -0.25) is 9.59 Å². The summed E-state index contributed by atoms with van der Waals surface area (Å²) in [5, 5.41) is 0. The van der Waals surface area contributed by atoms with E-state index in [1.165, 1.54) is 0 Å². The van der Waals surface area contributed by atoms with Gasteiger partial charge in [-0.2, -0.15) is 0 Å². The molecule has 0 aliphatic carbocycles. The normalized spacial score (nSPS) is 18.8. The van der Waals surface area contributed by atoms with E-state index in [0.717, 1.165) is 16.7 Å². The maximum absolute atomic E-state index is 13.3. The lowest BCUT2D eigenvalue weighted by Crippen LogP contribution is -2.61. The Bertz CT molecular complexity index is 869.